The van der Waals surface area contributed by atoms with E-state index in [1.807, 2.05) is 25.1 Å². The Hall–Kier alpha value is -2.28. The fourth-order valence-electron chi connectivity index (χ4n) is 2.99. The van der Waals surface area contributed by atoms with Crippen molar-refractivity contribution in [2.24, 2.45) is 5.92 Å². The van der Waals surface area contributed by atoms with Gasteiger partial charge in [0.1, 0.15) is 11.3 Å². The van der Waals surface area contributed by atoms with E-state index in [-0.39, 0.29) is 18.1 Å². The summed E-state index contributed by atoms with van der Waals surface area (Å²) in [5, 5.41) is 2.81. The highest BCUT2D eigenvalue weighted by Gasteiger charge is 2.31. The molecule has 1 unspecified atom stereocenters. The van der Waals surface area contributed by atoms with Gasteiger partial charge in [0.15, 0.2) is 5.58 Å². The van der Waals surface area contributed by atoms with Crippen LogP contribution in [0.1, 0.15) is 26.7 Å². The van der Waals surface area contributed by atoms with Gasteiger partial charge in [0, 0.05) is 19.0 Å². The average molecular weight is 359 g/mol. The highest BCUT2D eigenvalue weighted by Crippen LogP contribution is 2.31. The van der Waals surface area contributed by atoms with Gasteiger partial charge in [-0.3, -0.25) is 4.79 Å². The lowest BCUT2D eigenvalue weighted by Crippen LogP contribution is -2.53. The van der Waals surface area contributed by atoms with Crippen molar-refractivity contribution in [2.75, 3.05) is 31.2 Å². The monoisotopic (exact) mass is 359 g/mol. The zero-order valence-electron chi connectivity index (χ0n) is 15.2. The normalized spacial score (nSPS) is 18.6. The molecule has 2 aromatic rings. The van der Waals surface area contributed by atoms with E-state index in [2.05, 4.69) is 15.2 Å². The zero-order valence-corrected chi connectivity index (χ0v) is 15.2. The Kier molecular flexibility index (Phi) is 4.72. The van der Waals surface area contributed by atoms with Crippen molar-refractivity contribution >= 4 is 23.0 Å². The highest BCUT2D eigenvalue weighted by atomic mass is 16.5. The van der Waals surface area contributed by atoms with Crippen molar-refractivity contribution in [1.82, 2.24) is 10.3 Å². The van der Waals surface area contributed by atoms with Crippen LogP contribution in [0, 0.1) is 5.92 Å². The maximum Gasteiger partial charge on any atom is 0.298 e. The molecule has 1 N–H and O–H groups in total. The van der Waals surface area contributed by atoms with Crippen molar-refractivity contribution < 1.29 is 18.7 Å². The van der Waals surface area contributed by atoms with E-state index >= 15 is 0 Å². The number of nitrogens with zero attached hydrogens (tertiary/aromatic N) is 2. The van der Waals surface area contributed by atoms with Crippen LogP contribution in [0.4, 0.5) is 6.01 Å². The Balaban J connectivity index is 1.28. The van der Waals surface area contributed by atoms with Crippen LogP contribution < -0.4 is 15.0 Å². The fourth-order valence-corrected chi connectivity index (χ4v) is 2.99. The maximum atomic E-state index is 11.0. The number of hydrogen-bond acceptors (Lipinski definition) is 6. The summed E-state index contributed by atoms with van der Waals surface area (Å²) in [7, 11) is 0. The molecule has 2 heterocycles. The van der Waals surface area contributed by atoms with Crippen LogP contribution in [0.2, 0.25) is 0 Å². The summed E-state index contributed by atoms with van der Waals surface area (Å²) in [6.07, 6.45) is 2.69. The quantitative estimate of drug-likeness (QED) is 0.780. The van der Waals surface area contributed by atoms with Crippen LogP contribution in [0.3, 0.4) is 0 Å². The fraction of sp³-hybridized carbons (Fsp3) is 0.579. The van der Waals surface area contributed by atoms with Gasteiger partial charge < -0.3 is 24.1 Å². The molecule has 0 radical (unpaired) electrons. The Morgan fingerprint density at radius 3 is 2.96 bits per heavy atom. The number of fused-ring (bicyclic) bond motifs is 1. The number of carbonyl (C=O) groups excluding carboxylic acids is 1. The van der Waals surface area contributed by atoms with Crippen molar-refractivity contribution in [3.63, 3.8) is 0 Å². The molecule has 26 heavy (non-hydrogen) atoms. The maximum absolute atomic E-state index is 11.0. The van der Waals surface area contributed by atoms with E-state index in [1.165, 1.54) is 19.8 Å². The Morgan fingerprint density at radius 2 is 2.23 bits per heavy atom. The van der Waals surface area contributed by atoms with Gasteiger partial charge in [-0.2, -0.15) is 4.98 Å². The van der Waals surface area contributed by atoms with Gasteiger partial charge in [-0.1, -0.05) is 0 Å². The molecule has 7 nitrogen and oxygen atoms in total. The lowest BCUT2D eigenvalue weighted by atomic mass is 10.2. The minimum Gasteiger partial charge on any atom is -0.493 e. The number of oxazole rings is 1. The second-order valence-corrected chi connectivity index (χ2v) is 7.34. The van der Waals surface area contributed by atoms with Crippen LogP contribution in [-0.2, 0) is 9.53 Å². The molecule has 0 bridgehead atoms. The number of hydrogen-bond donors (Lipinski definition) is 1. The van der Waals surface area contributed by atoms with Gasteiger partial charge in [0.05, 0.1) is 32.4 Å². The van der Waals surface area contributed by atoms with Gasteiger partial charge >= 0.3 is 0 Å². The Labute approximate surface area is 152 Å². The van der Waals surface area contributed by atoms with Gasteiger partial charge in [-0.25, -0.2) is 0 Å². The largest absolute Gasteiger partial charge is 0.493 e. The minimum atomic E-state index is -0.0386. The molecule has 4 rings (SSSR count). The summed E-state index contributed by atoms with van der Waals surface area (Å²) in [5.41, 5.74) is 1.58. The molecule has 0 spiro atoms. The predicted octanol–water partition coefficient (Wildman–Crippen LogP) is 2.35. The predicted molar refractivity (Wildman–Crippen MR) is 97.5 cm³/mol. The summed E-state index contributed by atoms with van der Waals surface area (Å²) in [5.74, 6) is 1.52. The summed E-state index contributed by atoms with van der Waals surface area (Å²) in [6, 6.07) is 6.43. The van der Waals surface area contributed by atoms with Crippen molar-refractivity contribution in [3.8, 4) is 5.75 Å². The van der Waals surface area contributed by atoms with Gasteiger partial charge in [0.2, 0.25) is 5.91 Å². The second-order valence-electron chi connectivity index (χ2n) is 7.34. The molecule has 1 amide bonds. The summed E-state index contributed by atoms with van der Waals surface area (Å²) in [4.78, 5) is 17.6. The van der Waals surface area contributed by atoms with Crippen molar-refractivity contribution in [3.05, 3.63) is 18.2 Å². The number of aromatic nitrogens is 1. The second kappa shape index (κ2) is 7.15. The molecule has 2 aliphatic rings. The highest BCUT2D eigenvalue weighted by molar-refractivity contribution is 5.76. The summed E-state index contributed by atoms with van der Waals surface area (Å²) >= 11 is 0. The molecule has 1 atom stereocenters. The number of nitrogens with one attached hydrogen (secondary N) is 1. The minimum absolute atomic E-state index is 0.0138. The average Bonchev–Trinajstić information content (AvgIpc) is 3.28. The molecule has 2 fully saturated rings. The molecule has 140 valence electrons. The Morgan fingerprint density at radius 1 is 1.42 bits per heavy atom. The first-order valence-electron chi connectivity index (χ1n) is 9.24. The first-order chi connectivity index (χ1) is 12.6. The number of amides is 1. The van der Waals surface area contributed by atoms with Crippen LogP contribution in [-0.4, -0.2) is 49.3 Å². The summed E-state index contributed by atoms with van der Waals surface area (Å²) in [6.45, 7) is 6.22. The molecule has 1 aliphatic heterocycles. The van der Waals surface area contributed by atoms with E-state index in [9.17, 15) is 4.79 Å². The number of carbonyl (C=O) groups is 1. The molecule has 1 saturated carbocycles. The van der Waals surface area contributed by atoms with E-state index in [0.717, 1.165) is 42.5 Å². The Bertz CT molecular complexity index is 780. The topological polar surface area (TPSA) is 76.8 Å². The van der Waals surface area contributed by atoms with Gasteiger partial charge in [-0.15, -0.1) is 0 Å². The van der Waals surface area contributed by atoms with Crippen LogP contribution in [0.5, 0.6) is 5.75 Å². The van der Waals surface area contributed by atoms with Gasteiger partial charge in [-0.05, 0) is 37.8 Å². The molecular formula is C19H25N3O4. The molecule has 1 aromatic heterocycles. The third-order valence-corrected chi connectivity index (χ3v) is 4.68. The SMILES string of the molecule is CC(=O)NC(C)COC1CN(c2nc3ccc(OCC4CC4)cc3o2)C1. The van der Waals surface area contributed by atoms with Crippen molar-refractivity contribution in [2.45, 2.75) is 38.8 Å². The molecular weight excluding hydrogens is 334 g/mol. The number of benzene rings is 1. The molecule has 1 saturated heterocycles. The third-order valence-electron chi connectivity index (χ3n) is 4.68. The smallest absolute Gasteiger partial charge is 0.298 e. The van der Waals surface area contributed by atoms with Crippen molar-refractivity contribution in [1.29, 1.82) is 0 Å². The number of ether oxygens (including phenoxy) is 2. The molecule has 1 aromatic carbocycles. The molecule has 1 aliphatic carbocycles. The van der Waals surface area contributed by atoms with E-state index < -0.39 is 0 Å². The standard InChI is InChI=1S/C19H25N3O4/c1-12(20-13(2)23)10-24-16-8-22(9-16)19-21-17-6-5-15(7-18(17)26-19)25-11-14-3-4-14/h5-7,12,14,16H,3-4,8-11H2,1-2H3,(H,20,23). The van der Waals surface area contributed by atoms with E-state index in [0.29, 0.717) is 12.6 Å². The first-order valence-corrected chi connectivity index (χ1v) is 9.24. The zero-order chi connectivity index (χ0) is 18.1. The van der Waals surface area contributed by atoms with E-state index in [4.69, 9.17) is 13.9 Å². The lowest BCUT2D eigenvalue weighted by Gasteiger charge is -2.38. The van der Waals surface area contributed by atoms with Crippen LogP contribution in [0.25, 0.3) is 11.1 Å². The number of rotatable bonds is 8. The van der Waals surface area contributed by atoms with E-state index in [1.54, 1.807) is 0 Å². The van der Waals surface area contributed by atoms with Gasteiger partial charge in [0.25, 0.3) is 6.01 Å². The third kappa shape index (κ3) is 4.09. The summed E-state index contributed by atoms with van der Waals surface area (Å²) < 4.78 is 17.5. The van der Waals surface area contributed by atoms with Crippen LogP contribution in [0.15, 0.2) is 22.6 Å². The number of anilines is 1. The lowest BCUT2D eigenvalue weighted by molar-refractivity contribution is -0.120. The molecule has 7 heteroatoms. The first kappa shape index (κ1) is 17.1. The van der Waals surface area contributed by atoms with Crippen LogP contribution >= 0.6 is 0 Å².